The molecule has 1 amide bonds. The van der Waals surface area contributed by atoms with Crippen molar-refractivity contribution in [2.75, 3.05) is 0 Å². The molecule has 1 saturated carbocycles. The molecule has 18 heavy (non-hydrogen) atoms. The van der Waals surface area contributed by atoms with Crippen LogP contribution in [0.15, 0.2) is 16.6 Å². The topological polar surface area (TPSA) is 29.1 Å². The molecule has 1 aliphatic carbocycles. The van der Waals surface area contributed by atoms with Crippen LogP contribution in [0.3, 0.4) is 0 Å². The largest absolute Gasteiger partial charge is 0.348 e. The van der Waals surface area contributed by atoms with Crippen LogP contribution in [0.4, 0.5) is 8.78 Å². The molecular formula is C12H11BrClF2NO. The molecule has 0 heterocycles. The van der Waals surface area contributed by atoms with Crippen molar-refractivity contribution in [3.05, 3.63) is 33.8 Å². The highest BCUT2D eigenvalue weighted by atomic mass is 79.9. The third-order valence-electron chi connectivity index (χ3n) is 2.98. The molecule has 2 nitrogen and oxygen atoms in total. The molecule has 1 aromatic rings. The van der Waals surface area contributed by atoms with Gasteiger partial charge in [-0.1, -0.05) is 15.9 Å². The number of halogens is 4. The van der Waals surface area contributed by atoms with Gasteiger partial charge in [0.25, 0.3) is 5.91 Å². The molecule has 1 aliphatic rings. The van der Waals surface area contributed by atoms with Gasteiger partial charge in [0.2, 0.25) is 0 Å². The lowest BCUT2D eigenvalue weighted by Crippen LogP contribution is -2.38. The standard InChI is InChI=1S/C12H11BrClF2NO/c13-6-4-8(15)11(9(16)5-6)12(18)17-10-3-1-2-7(10)14/h4-5,7,10H,1-3H2,(H,17,18). The number of amides is 1. The Morgan fingerprint density at radius 2 is 1.94 bits per heavy atom. The minimum atomic E-state index is -0.886. The molecule has 2 rings (SSSR count). The minimum absolute atomic E-state index is 0.171. The van der Waals surface area contributed by atoms with E-state index in [4.69, 9.17) is 11.6 Å². The van der Waals surface area contributed by atoms with Crippen LogP contribution in [0.2, 0.25) is 0 Å². The number of benzene rings is 1. The fourth-order valence-corrected chi connectivity index (χ4v) is 2.82. The van der Waals surface area contributed by atoms with Gasteiger partial charge in [-0.2, -0.15) is 0 Å². The second kappa shape index (κ2) is 5.53. The summed E-state index contributed by atoms with van der Waals surface area (Å²) in [6, 6.07) is 1.90. The van der Waals surface area contributed by atoms with E-state index in [0.717, 1.165) is 31.4 Å². The van der Waals surface area contributed by atoms with E-state index < -0.39 is 23.1 Å². The fraction of sp³-hybridized carbons (Fsp3) is 0.417. The molecule has 0 spiro atoms. The van der Waals surface area contributed by atoms with Crippen LogP contribution in [0, 0.1) is 11.6 Å². The first-order chi connectivity index (χ1) is 8.49. The summed E-state index contributed by atoms with van der Waals surface area (Å²) in [6.07, 6.45) is 2.45. The van der Waals surface area contributed by atoms with Gasteiger partial charge in [0, 0.05) is 10.5 Å². The predicted molar refractivity (Wildman–Crippen MR) is 68.8 cm³/mol. The summed E-state index contributed by atoms with van der Waals surface area (Å²) in [5, 5.41) is 2.41. The van der Waals surface area contributed by atoms with Crippen LogP contribution in [0.5, 0.6) is 0 Å². The zero-order valence-electron chi connectivity index (χ0n) is 9.35. The first kappa shape index (κ1) is 13.7. The molecule has 0 aromatic heterocycles. The van der Waals surface area contributed by atoms with Crippen molar-refractivity contribution >= 4 is 33.4 Å². The maximum Gasteiger partial charge on any atom is 0.257 e. The Bertz CT molecular complexity index is 460. The number of nitrogens with one attached hydrogen (secondary N) is 1. The summed E-state index contributed by atoms with van der Waals surface area (Å²) in [5.41, 5.74) is -0.561. The Labute approximate surface area is 117 Å². The van der Waals surface area contributed by atoms with E-state index in [1.54, 1.807) is 0 Å². The van der Waals surface area contributed by atoms with Crippen LogP contribution in [-0.2, 0) is 0 Å². The lowest BCUT2D eigenvalue weighted by atomic mass is 10.1. The Kier molecular flexibility index (Phi) is 4.22. The van der Waals surface area contributed by atoms with Gasteiger partial charge in [-0.25, -0.2) is 8.78 Å². The summed E-state index contributed by atoms with van der Waals surface area (Å²) >= 11 is 8.97. The third-order valence-corrected chi connectivity index (χ3v) is 3.96. The molecule has 1 aromatic carbocycles. The summed E-state index contributed by atoms with van der Waals surface area (Å²) in [7, 11) is 0. The van der Waals surface area contributed by atoms with Crippen LogP contribution in [-0.4, -0.2) is 17.3 Å². The summed E-state index contributed by atoms with van der Waals surface area (Å²) in [4.78, 5) is 11.8. The van der Waals surface area contributed by atoms with Crippen molar-refractivity contribution in [3.63, 3.8) is 0 Å². The maximum absolute atomic E-state index is 13.6. The highest BCUT2D eigenvalue weighted by Gasteiger charge is 2.28. The number of alkyl halides is 1. The van der Waals surface area contributed by atoms with E-state index >= 15 is 0 Å². The van der Waals surface area contributed by atoms with Gasteiger partial charge in [0.15, 0.2) is 0 Å². The van der Waals surface area contributed by atoms with E-state index in [0.29, 0.717) is 0 Å². The van der Waals surface area contributed by atoms with Gasteiger partial charge in [-0.3, -0.25) is 4.79 Å². The summed E-state index contributed by atoms with van der Waals surface area (Å²) in [5.74, 6) is -2.53. The van der Waals surface area contributed by atoms with Gasteiger partial charge < -0.3 is 5.32 Å². The van der Waals surface area contributed by atoms with Crippen molar-refractivity contribution in [1.82, 2.24) is 5.32 Å². The normalized spacial score (nSPS) is 23.1. The maximum atomic E-state index is 13.6. The van der Waals surface area contributed by atoms with Gasteiger partial charge in [0.05, 0.1) is 5.38 Å². The van der Waals surface area contributed by atoms with Crippen molar-refractivity contribution in [3.8, 4) is 0 Å². The van der Waals surface area contributed by atoms with Crippen molar-refractivity contribution in [1.29, 1.82) is 0 Å². The minimum Gasteiger partial charge on any atom is -0.348 e. The van der Waals surface area contributed by atoms with E-state index in [1.807, 2.05) is 0 Å². The second-order valence-corrected chi connectivity index (χ2v) is 5.75. The Morgan fingerprint density at radius 1 is 1.33 bits per heavy atom. The molecule has 0 aliphatic heterocycles. The van der Waals surface area contributed by atoms with Gasteiger partial charge in [-0.15, -0.1) is 11.6 Å². The Hall–Kier alpha value is -0.680. The molecule has 0 saturated heterocycles. The summed E-state index contributed by atoms with van der Waals surface area (Å²) < 4.78 is 27.4. The highest BCUT2D eigenvalue weighted by Crippen LogP contribution is 2.25. The zero-order valence-corrected chi connectivity index (χ0v) is 11.7. The van der Waals surface area contributed by atoms with E-state index in [9.17, 15) is 13.6 Å². The smallest absolute Gasteiger partial charge is 0.257 e. The third kappa shape index (κ3) is 2.83. The molecule has 6 heteroatoms. The number of hydrogen-bond acceptors (Lipinski definition) is 1. The number of carbonyl (C=O) groups excluding carboxylic acids is 1. The molecule has 2 atom stereocenters. The molecule has 0 radical (unpaired) electrons. The van der Waals surface area contributed by atoms with Crippen LogP contribution < -0.4 is 5.32 Å². The van der Waals surface area contributed by atoms with Gasteiger partial charge >= 0.3 is 0 Å². The number of carbonyl (C=O) groups is 1. The predicted octanol–water partition coefficient (Wildman–Crippen LogP) is 3.62. The van der Waals surface area contributed by atoms with Crippen molar-refractivity contribution in [2.45, 2.75) is 30.7 Å². The summed E-state index contributed by atoms with van der Waals surface area (Å²) in [6.45, 7) is 0. The Morgan fingerprint density at radius 3 is 2.44 bits per heavy atom. The van der Waals surface area contributed by atoms with Crippen molar-refractivity contribution < 1.29 is 13.6 Å². The lowest BCUT2D eigenvalue weighted by Gasteiger charge is -2.16. The average molecular weight is 339 g/mol. The SMILES string of the molecule is O=C(NC1CCCC1Cl)c1c(F)cc(Br)cc1F. The highest BCUT2D eigenvalue weighted by molar-refractivity contribution is 9.10. The molecule has 98 valence electrons. The molecule has 2 unspecified atom stereocenters. The fourth-order valence-electron chi connectivity index (χ4n) is 2.08. The van der Waals surface area contributed by atoms with E-state index in [2.05, 4.69) is 21.2 Å². The quantitative estimate of drug-likeness (QED) is 0.820. The van der Waals surface area contributed by atoms with Gasteiger partial charge in [0.1, 0.15) is 17.2 Å². The average Bonchev–Trinajstić information content (AvgIpc) is 2.62. The first-order valence-corrected chi connectivity index (χ1v) is 6.81. The Balaban J connectivity index is 2.19. The van der Waals surface area contributed by atoms with Crippen molar-refractivity contribution in [2.24, 2.45) is 0 Å². The van der Waals surface area contributed by atoms with Crippen LogP contribution in [0.25, 0.3) is 0 Å². The van der Waals surface area contributed by atoms with E-state index in [1.165, 1.54) is 0 Å². The first-order valence-electron chi connectivity index (χ1n) is 5.58. The van der Waals surface area contributed by atoms with Gasteiger partial charge in [-0.05, 0) is 31.4 Å². The molecular weight excluding hydrogens is 327 g/mol. The molecule has 1 fully saturated rings. The number of hydrogen-bond donors (Lipinski definition) is 1. The second-order valence-electron chi connectivity index (χ2n) is 4.27. The van der Waals surface area contributed by atoms with Crippen LogP contribution in [0.1, 0.15) is 29.6 Å². The lowest BCUT2D eigenvalue weighted by molar-refractivity contribution is 0.0930. The molecule has 0 bridgehead atoms. The molecule has 1 N–H and O–H groups in total. The van der Waals surface area contributed by atoms with E-state index in [-0.39, 0.29) is 15.9 Å². The van der Waals surface area contributed by atoms with Crippen LogP contribution >= 0.6 is 27.5 Å². The zero-order chi connectivity index (χ0) is 13.3. The number of rotatable bonds is 2. The monoisotopic (exact) mass is 337 g/mol.